The number of carboxylic acid groups (broad SMARTS) is 1. The molecule has 0 saturated heterocycles. The molecule has 8 nitrogen and oxygen atoms in total. The van der Waals surface area contributed by atoms with Crippen LogP contribution in [-0.2, 0) is 0 Å². The second-order valence-electron chi connectivity index (χ2n) is 3.29. The summed E-state index contributed by atoms with van der Waals surface area (Å²) in [5, 5.41) is 18.2. The minimum atomic E-state index is -1.21. The van der Waals surface area contributed by atoms with Crippen LogP contribution >= 0.6 is 0 Å². The molecule has 1 amide bonds. The van der Waals surface area contributed by atoms with Crippen molar-refractivity contribution in [3.05, 3.63) is 35.5 Å². The van der Waals surface area contributed by atoms with Gasteiger partial charge in [0.1, 0.15) is 11.4 Å². The molecule has 0 aromatic carbocycles. The molecule has 0 aliphatic rings. The molecule has 0 spiro atoms. The SMILES string of the molecule is Cc1nnc(NC(=O)c2cccc(C(=O)O)n2)o1. The number of pyridine rings is 1. The van der Waals surface area contributed by atoms with Crippen molar-refractivity contribution in [3.63, 3.8) is 0 Å². The lowest BCUT2D eigenvalue weighted by Crippen LogP contribution is -2.15. The fourth-order valence-electron chi connectivity index (χ4n) is 1.19. The summed E-state index contributed by atoms with van der Waals surface area (Å²) < 4.78 is 4.96. The minimum absolute atomic E-state index is 0.0502. The Morgan fingerprint density at radius 3 is 2.61 bits per heavy atom. The average Bonchev–Trinajstić information content (AvgIpc) is 2.75. The maximum absolute atomic E-state index is 11.7. The van der Waals surface area contributed by atoms with Gasteiger partial charge in [-0.2, -0.15) is 0 Å². The lowest BCUT2D eigenvalue weighted by Gasteiger charge is -2.00. The number of nitrogens with zero attached hydrogens (tertiary/aromatic N) is 3. The molecule has 18 heavy (non-hydrogen) atoms. The summed E-state index contributed by atoms with van der Waals surface area (Å²) in [5.41, 5.74) is -0.268. The van der Waals surface area contributed by atoms with Gasteiger partial charge in [-0.05, 0) is 12.1 Å². The van der Waals surface area contributed by atoms with Crippen LogP contribution in [0.25, 0.3) is 0 Å². The topological polar surface area (TPSA) is 118 Å². The number of aromatic nitrogens is 3. The molecule has 0 atom stereocenters. The summed E-state index contributed by atoms with van der Waals surface area (Å²) in [6, 6.07) is 4.02. The Kier molecular flexibility index (Phi) is 3.00. The smallest absolute Gasteiger partial charge is 0.354 e. The predicted molar refractivity (Wildman–Crippen MR) is 58.2 cm³/mol. The van der Waals surface area contributed by atoms with Gasteiger partial charge in [-0.1, -0.05) is 11.2 Å². The highest BCUT2D eigenvalue weighted by Gasteiger charge is 2.13. The zero-order valence-electron chi connectivity index (χ0n) is 9.25. The van der Waals surface area contributed by atoms with Crippen molar-refractivity contribution in [1.29, 1.82) is 0 Å². The highest BCUT2D eigenvalue weighted by molar-refractivity contribution is 6.02. The molecule has 2 rings (SSSR count). The Morgan fingerprint density at radius 1 is 1.28 bits per heavy atom. The van der Waals surface area contributed by atoms with Crippen LogP contribution in [0.15, 0.2) is 22.6 Å². The maximum Gasteiger partial charge on any atom is 0.354 e. The molecule has 8 heteroatoms. The molecular weight excluding hydrogens is 240 g/mol. The van der Waals surface area contributed by atoms with Crippen LogP contribution in [0.3, 0.4) is 0 Å². The average molecular weight is 248 g/mol. The highest BCUT2D eigenvalue weighted by atomic mass is 16.4. The Hall–Kier alpha value is -2.77. The largest absolute Gasteiger partial charge is 0.477 e. The molecule has 0 radical (unpaired) electrons. The van der Waals surface area contributed by atoms with Crippen molar-refractivity contribution >= 4 is 17.9 Å². The maximum atomic E-state index is 11.7. The van der Waals surface area contributed by atoms with Crippen molar-refractivity contribution in [3.8, 4) is 0 Å². The van der Waals surface area contributed by atoms with Gasteiger partial charge in [0, 0.05) is 6.92 Å². The van der Waals surface area contributed by atoms with E-state index in [4.69, 9.17) is 9.52 Å². The minimum Gasteiger partial charge on any atom is -0.477 e. The number of hydrogen-bond donors (Lipinski definition) is 2. The molecule has 2 heterocycles. The van der Waals surface area contributed by atoms with E-state index in [0.29, 0.717) is 5.89 Å². The van der Waals surface area contributed by atoms with Gasteiger partial charge < -0.3 is 9.52 Å². The number of carbonyl (C=O) groups excluding carboxylic acids is 1. The van der Waals surface area contributed by atoms with E-state index < -0.39 is 11.9 Å². The monoisotopic (exact) mass is 248 g/mol. The zero-order chi connectivity index (χ0) is 13.1. The summed E-state index contributed by atoms with van der Waals surface area (Å²) in [4.78, 5) is 26.1. The van der Waals surface area contributed by atoms with Crippen LogP contribution in [0.5, 0.6) is 0 Å². The predicted octanol–water partition coefficient (Wildman–Crippen LogP) is 0.724. The third-order valence-corrected chi connectivity index (χ3v) is 1.95. The van der Waals surface area contributed by atoms with Gasteiger partial charge in [0.25, 0.3) is 5.91 Å². The van der Waals surface area contributed by atoms with Crippen molar-refractivity contribution in [1.82, 2.24) is 15.2 Å². The Bertz CT molecular complexity index is 607. The lowest BCUT2D eigenvalue weighted by molar-refractivity contribution is 0.0690. The van der Waals surface area contributed by atoms with Gasteiger partial charge in [0.2, 0.25) is 5.89 Å². The second kappa shape index (κ2) is 4.62. The summed E-state index contributed by atoms with van der Waals surface area (Å²) in [5.74, 6) is -1.53. The molecular formula is C10H8N4O4. The molecule has 0 unspecified atom stereocenters. The van der Waals surface area contributed by atoms with E-state index in [9.17, 15) is 9.59 Å². The van der Waals surface area contributed by atoms with E-state index in [1.54, 1.807) is 6.92 Å². The molecule has 0 aliphatic carbocycles. The normalized spacial score (nSPS) is 10.1. The number of carboxylic acids is 1. The van der Waals surface area contributed by atoms with Gasteiger partial charge in [-0.25, -0.2) is 9.78 Å². The molecule has 0 bridgehead atoms. The van der Waals surface area contributed by atoms with Gasteiger partial charge in [0.15, 0.2) is 0 Å². The summed E-state index contributed by atoms with van der Waals surface area (Å²) in [6.07, 6.45) is 0. The molecule has 92 valence electrons. The molecule has 0 aliphatic heterocycles. The molecule has 0 saturated carbocycles. The first kappa shape index (κ1) is 11.7. The Morgan fingerprint density at radius 2 is 2.00 bits per heavy atom. The van der Waals surface area contributed by atoms with Crippen LogP contribution in [0, 0.1) is 6.92 Å². The van der Waals surface area contributed by atoms with Crippen LogP contribution < -0.4 is 5.32 Å². The van der Waals surface area contributed by atoms with Gasteiger partial charge in [-0.15, -0.1) is 5.10 Å². The number of amides is 1. The van der Waals surface area contributed by atoms with E-state index in [2.05, 4.69) is 20.5 Å². The third-order valence-electron chi connectivity index (χ3n) is 1.95. The van der Waals surface area contributed by atoms with Crippen LogP contribution in [0.1, 0.15) is 26.9 Å². The van der Waals surface area contributed by atoms with Gasteiger partial charge in [0.05, 0.1) is 0 Å². The number of rotatable bonds is 3. The van der Waals surface area contributed by atoms with E-state index >= 15 is 0 Å². The number of aryl methyl sites for hydroxylation is 1. The lowest BCUT2D eigenvalue weighted by atomic mass is 10.3. The number of carbonyl (C=O) groups is 2. The van der Waals surface area contributed by atoms with E-state index in [0.717, 1.165) is 0 Å². The van der Waals surface area contributed by atoms with E-state index in [1.807, 2.05) is 0 Å². The quantitative estimate of drug-likeness (QED) is 0.821. The van der Waals surface area contributed by atoms with E-state index in [1.165, 1.54) is 18.2 Å². The third kappa shape index (κ3) is 2.48. The fraction of sp³-hybridized carbons (Fsp3) is 0.100. The van der Waals surface area contributed by atoms with Crippen LogP contribution in [0.2, 0.25) is 0 Å². The first-order chi connectivity index (χ1) is 8.56. The summed E-state index contributed by atoms with van der Waals surface area (Å²) >= 11 is 0. The fourth-order valence-corrected chi connectivity index (χ4v) is 1.19. The van der Waals surface area contributed by atoms with Gasteiger partial charge in [-0.3, -0.25) is 10.1 Å². The van der Waals surface area contributed by atoms with Crippen LogP contribution in [-0.4, -0.2) is 32.2 Å². The van der Waals surface area contributed by atoms with Crippen LogP contribution in [0.4, 0.5) is 6.01 Å². The Balaban J connectivity index is 2.18. The number of nitrogens with one attached hydrogen (secondary N) is 1. The first-order valence-electron chi connectivity index (χ1n) is 4.88. The van der Waals surface area contributed by atoms with E-state index in [-0.39, 0.29) is 17.4 Å². The number of hydrogen-bond acceptors (Lipinski definition) is 6. The zero-order valence-corrected chi connectivity index (χ0v) is 9.25. The number of anilines is 1. The van der Waals surface area contributed by atoms with Crippen molar-refractivity contribution < 1.29 is 19.1 Å². The molecule has 2 aromatic heterocycles. The molecule has 0 fully saturated rings. The van der Waals surface area contributed by atoms with Crippen molar-refractivity contribution in [2.45, 2.75) is 6.92 Å². The molecule has 2 aromatic rings. The highest BCUT2D eigenvalue weighted by Crippen LogP contribution is 2.07. The molecule has 2 N–H and O–H groups in total. The standard InChI is InChI=1S/C10H8N4O4/c1-5-13-14-10(18-5)12-8(15)6-3-2-4-7(11-6)9(16)17/h2-4H,1H3,(H,16,17)(H,12,14,15). The van der Waals surface area contributed by atoms with Crippen molar-refractivity contribution in [2.24, 2.45) is 0 Å². The summed E-state index contributed by atoms with van der Waals surface area (Å²) in [6.45, 7) is 1.58. The second-order valence-corrected chi connectivity index (χ2v) is 3.29. The Labute approximate surface area is 101 Å². The summed E-state index contributed by atoms with van der Waals surface area (Å²) in [7, 11) is 0. The number of aromatic carboxylic acids is 1. The van der Waals surface area contributed by atoms with Gasteiger partial charge >= 0.3 is 12.0 Å². The van der Waals surface area contributed by atoms with Crippen molar-refractivity contribution in [2.75, 3.05) is 5.32 Å². The first-order valence-corrected chi connectivity index (χ1v) is 4.88.